The molecule has 0 spiro atoms. The van der Waals surface area contributed by atoms with E-state index in [1.807, 2.05) is 63.2 Å². The van der Waals surface area contributed by atoms with Gasteiger partial charge in [0.25, 0.3) is 0 Å². The maximum absolute atomic E-state index is 12.1. The van der Waals surface area contributed by atoms with Gasteiger partial charge in [-0.1, -0.05) is 51.1 Å². The summed E-state index contributed by atoms with van der Waals surface area (Å²) in [7, 11) is 0. The van der Waals surface area contributed by atoms with Crippen molar-refractivity contribution in [1.29, 1.82) is 0 Å². The van der Waals surface area contributed by atoms with Gasteiger partial charge in [-0.2, -0.15) is 0 Å². The molecule has 2 rings (SSSR count). The van der Waals surface area contributed by atoms with Crippen LogP contribution < -0.4 is 15.4 Å². The van der Waals surface area contributed by atoms with E-state index >= 15 is 0 Å². The highest BCUT2D eigenvalue weighted by Gasteiger charge is 2.20. The fraction of sp³-hybridized carbons (Fsp3) is 0.300. The van der Waals surface area contributed by atoms with E-state index in [0.717, 1.165) is 0 Å². The lowest BCUT2D eigenvalue weighted by Gasteiger charge is -2.17. The molecule has 5 heteroatoms. The van der Waals surface area contributed by atoms with Gasteiger partial charge in [-0.3, -0.25) is 9.59 Å². The van der Waals surface area contributed by atoms with Crippen LogP contribution in [0.3, 0.4) is 0 Å². The molecule has 0 aliphatic rings. The van der Waals surface area contributed by atoms with Crippen LogP contribution in [0.5, 0.6) is 11.5 Å². The van der Waals surface area contributed by atoms with Crippen LogP contribution in [-0.4, -0.2) is 18.4 Å². The second kappa shape index (κ2) is 8.33. The summed E-state index contributed by atoms with van der Waals surface area (Å²) < 4.78 is 5.81. The largest absolute Gasteiger partial charge is 0.455 e. The summed E-state index contributed by atoms with van der Waals surface area (Å²) in [4.78, 5) is 23.9. The van der Waals surface area contributed by atoms with Crippen LogP contribution in [0.4, 0.5) is 5.69 Å². The maximum atomic E-state index is 12.1. The number of ether oxygens (including phenoxy) is 1. The minimum absolute atomic E-state index is 0.0758. The molecule has 0 radical (unpaired) electrons. The average molecular weight is 340 g/mol. The summed E-state index contributed by atoms with van der Waals surface area (Å²) in [6, 6.07) is 16.6. The molecule has 5 nitrogen and oxygen atoms in total. The Bertz CT molecular complexity index is 721. The van der Waals surface area contributed by atoms with Gasteiger partial charge in [0.05, 0.1) is 5.69 Å². The van der Waals surface area contributed by atoms with Gasteiger partial charge in [0.2, 0.25) is 11.8 Å². The number of hydrogen-bond acceptors (Lipinski definition) is 3. The number of carbonyl (C=O) groups excluding carboxylic acids is 2. The highest BCUT2D eigenvalue weighted by molar-refractivity contribution is 5.92. The second-order valence-electron chi connectivity index (χ2n) is 6.72. The summed E-state index contributed by atoms with van der Waals surface area (Å²) in [5.41, 5.74) is 0.130. The summed E-state index contributed by atoms with van der Waals surface area (Å²) in [6.07, 6.45) is 0.196. The average Bonchev–Trinajstić information content (AvgIpc) is 2.56. The van der Waals surface area contributed by atoms with Crippen LogP contribution in [0.15, 0.2) is 54.6 Å². The van der Waals surface area contributed by atoms with Crippen LogP contribution in [-0.2, 0) is 9.59 Å². The Balaban J connectivity index is 1.92. The maximum Gasteiger partial charge on any atom is 0.226 e. The number of benzene rings is 2. The number of nitrogens with one attached hydrogen (secondary N) is 2. The molecule has 0 aliphatic carbocycles. The van der Waals surface area contributed by atoms with Gasteiger partial charge >= 0.3 is 0 Å². The zero-order chi connectivity index (χ0) is 18.3. The van der Waals surface area contributed by atoms with Gasteiger partial charge in [-0.25, -0.2) is 0 Å². The lowest BCUT2D eigenvalue weighted by Crippen LogP contribution is -2.36. The highest BCUT2D eigenvalue weighted by atomic mass is 16.5. The molecule has 0 bridgehead atoms. The summed E-state index contributed by atoms with van der Waals surface area (Å²) in [6.45, 7) is 5.79. The van der Waals surface area contributed by atoms with Crippen molar-refractivity contribution in [3.05, 3.63) is 54.6 Å². The third-order valence-electron chi connectivity index (χ3n) is 3.45. The summed E-state index contributed by atoms with van der Waals surface area (Å²) in [5.74, 6) is 1.01. The number of para-hydroxylation sites is 3. The topological polar surface area (TPSA) is 67.4 Å². The molecular weight excluding hydrogens is 316 g/mol. The summed E-state index contributed by atoms with van der Waals surface area (Å²) in [5, 5.41) is 5.59. The molecule has 2 aromatic rings. The minimum atomic E-state index is -0.466. The normalized spacial score (nSPS) is 10.8. The predicted octanol–water partition coefficient (Wildman–Crippen LogP) is 3.97. The van der Waals surface area contributed by atoms with E-state index in [4.69, 9.17) is 4.74 Å². The number of hydrogen-bond donors (Lipinski definition) is 2. The molecule has 25 heavy (non-hydrogen) atoms. The van der Waals surface area contributed by atoms with Gasteiger partial charge in [-0.05, 0) is 24.3 Å². The van der Waals surface area contributed by atoms with Crippen molar-refractivity contribution in [3.63, 3.8) is 0 Å². The Morgan fingerprint density at radius 2 is 1.60 bits per heavy atom. The van der Waals surface area contributed by atoms with Crippen LogP contribution in [0.25, 0.3) is 0 Å². The second-order valence-corrected chi connectivity index (χ2v) is 6.72. The first-order valence-electron chi connectivity index (χ1n) is 8.26. The number of rotatable bonds is 6. The Hall–Kier alpha value is -2.82. The number of amides is 2. The van der Waals surface area contributed by atoms with Crippen LogP contribution in [0.2, 0.25) is 0 Å². The van der Waals surface area contributed by atoms with Crippen molar-refractivity contribution in [2.75, 3.05) is 11.9 Å². The third kappa shape index (κ3) is 5.95. The molecule has 2 N–H and O–H groups in total. The first-order valence-corrected chi connectivity index (χ1v) is 8.26. The van der Waals surface area contributed by atoms with Crippen molar-refractivity contribution in [2.45, 2.75) is 27.2 Å². The van der Waals surface area contributed by atoms with E-state index in [1.54, 1.807) is 12.1 Å². The predicted molar refractivity (Wildman–Crippen MR) is 98.7 cm³/mol. The molecule has 2 aromatic carbocycles. The van der Waals surface area contributed by atoms with Gasteiger partial charge < -0.3 is 15.4 Å². The van der Waals surface area contributed by atoms with Crippen LogP contribution in [0, 0.1) is 5.41 Å². The van der Waals surface area contributed by atoms with E-state index in [2.05, 4.69) is 10.6 Å². The monoisotopic (exact) mass is 340 g/mol. The van der Waals surface area contributed by atoms with Crippen molar-refractivity contribution in [2.24, 2.45) is 5.41 Å². The van der Waals surface area contributed by atoms with Crippen LogP contribution in [0.1, 0.15) is 27.2 Å². The third-order valence-corrected chi connectivity index (χ3v) is 3.45. The molecule has 132 valence electrons. The zero-order valence-corrected chi connectivity index (χ0v) is 14.8. The Morgan fingerprint density at radius 1 is 0.960 bits per heavy atom. The number of carbonyl (C=O) groups is 2. The first kappa shape index (κ1) is 18.5. The molecule has 0 heterocycles. The molecular formula is C20H24N2O3. The molecule has 0 aliphatic heterocycles. The quantitative estimate of drug-likeness (QED) is 0.836. The molecule has 0 unspecified atom stereocenters. The molecule has 0 fully saturated rings. The van der Waals surface area contributed by atoms with Crippen molar-refractivity contribution in [3.8, 4) is 11.5 Å². The highest BCUT2D eigenvalue weighted by Crippen LogP contribution is 2.29. The SMILES string of the molecule is CC(C)(C)C(=O)NCCC(=O)Nc1ccccc1Oc1ccccc1. The van der Waals surface area contributed by atoms with E-state index in [-0.39, 0.29) is 18.2 Å². The fourth-order valence-corrected chi connectivity index (χ4v) is 2.04. The van der Waals surface area contributed by atoms with Gasteiger partial charge in [0.15, 0.2) is 5.75 Å². The van der Waals surface area contributed by atoms with E-state index in [9.17, 15) is 9.59 Å². The first-order chi connectivity index (χ1) is 11.9. The van der Waals surface area contributed by atoms with E-state index in [1.165, 1.54) is 0 Å². The van der Waals surface area contributed by atoms with Crippen molar-refractivity contribution >= 4 is 17.5 Å². The van der Waals surface area contributed by atoms with Crippen molar-refractivity contribution < 1.29 is 14.3 Å². The Labute approximate surface area is 148 Å². The lowest BCUT2D eigenvalue weighted by molar-refractivity contribution is -0.128. The Kier molecular flexibility index (Phi) is 6.17. The molecule has 0 saturated carbocycles. The molecule has 2 amide bonds. The minimum Gasteiger partial charge on any atom is -0.455 e. The smallest absolute Gasteiger partial charge is 0.226 e. The standard InChI is InChI=1S/C20H24N2O3/c1-20(2,3)19(24)21-14-13-18(23)22-16-11-7-8-12-17(16)25-15-9-5-4-6-10-15/h4-12H,13-14H2,1-3H3,(H,21,24)(H,22,23). The zero-order valence-electron chi connectivity index (χ0n) is 14.8. The summed E-state index contributed by atoms with van der Waals surface area (Å²) >= 11 is 0. The lowest BCUT2D eigenvalue weighted by atomic mass is 9.96. The fourth-order valence-electron chi connectivity index (χ4n) is 2.04. The van der Waals surface area contributed by atoms with Crippen LogP contribution >= 0.6 is 0 Å². The van der Waals surface area contributed by atoms with Gasteiger partial charge in [0, 0.05) is 18.4 Å². The molecule has 0 saturated heterocycles. The Morgan fingerprint density at radius 3 is 2.28 bits per heavy atom. The van der Waals surface area contributed by atoms with E-state index in [0.29, 0.717) is 23.7 Å². The molecule has 0 aromatic heterocycles. The van der Waals surface area contributed by atoms with E-state index < -0.39 is 5.41 Å². The van der Waals surface area contributed by atoms with Crippen molar-refractivity contribution in [1.82, 2.24) is 5.32 Å². The molecule has 0 atom stereocenters. The number of anilines is 1. The van der Waals surface area contributed by atoms with Gasteiger partial charge in [-0.15, -0.1) is 0 Å². The van der Waals surface area contributed by atoms with Gasteiger partial charge in [0.1, 0.15) is 5.75 Å².